The SMILES string of the molecule is CCOc1ccc(NC(=O)CN2CC=C(C)CC2)cc1. The highest BCUT2D eigenvalue weighted by atomic mass is 16.5. The number of amides is 1. The van der Waals surface area contributed by atoms with Crippen LogP contribution in [0.1, 0.15) is 20.3 Å². The van der Waals surface area contributed by atoms with Gasteiger partial charge < -0.3 is 10.1 Å². The zero-order valence-corrected chi connectivity index (χ0v) is 12.2. The molecule has 1 aromatic rings. The maximum Gasteiger partial charge on any atom is 0.238 e. The van der Waals surface area contributed by atoms with E-state index < -0.39 is 0 Å². The van der Waals surface area contributed by atoms with Crippen LogP contribution in [-0.2, 0) is 4.79 Å². The van der Waals surface area contributed by atoms with E-state index >= 15 is 0 Å². The van der Waals surface area contributed by atoms with Crippen LogP contribution >= 0.6 is 0 Å². The smallest absolute Gasteiger partial charge is 0.238 e. The summed E-state index contributed by atoms with van der Waals surface area (Å²) in [5, 5.41) is 2.91. The van der Waals surface area contributed by atoms with Crippen molar-refractivity contribution in [2.75, 3.05) is 31.6 Å². The Bertz CT molecular complexity index is 480. The highest BCUT2D eigenvalue weighted by molar-refractivity contribution is 5.92. The average molecular weight is 274 g/mol. The van der Waals surface area contributed by atoms with Gasteiger partial charge in [0, 0.05) is 18.8 Å². The van der Waals surface area contributed by atoms with Gasteiger partial charge >= 0.3 is 0 Å². The molecule has 1 amide bonds. The second-order valence-electron chi connectivity index (χ2n) is 5.04. The Labute approximate surface area is 120 Å². The van der Waals surface area contributed by atoms with Crippen LogP contribution < -0.4 is 10.1 Å². The van der Waals surface area contributed by atoms with E-state index in [1.165, 1.54) is 5.57 Å². The summed E-state index contributed by atoms with van der Waals surface area (Å²) < 4.78 is 5.37. The largest absolute Gasteiger partial charge is 0.494 e. The lowest BCUT2D eigenvalue weighted by atomic mass is 10.1. The lowest BCUT2D eigenvalue weighted by Gasteiger charge is -2.24. The molecule has 0 atom stereocenters. The highest BCUT2D eigenvalue weighted by Crippen LogP contribution is 2.16. The molecule has 0 saturated carbocycles. The van der Waals surface area contributed by atoms with Crippen molar-refractivity contribution in [3.8, 4) is 5.75 Å². The topological polar surface area (TPSA) is 41.6 Å². The van der Waals surface area contributed by atoms with E-state index in [9.17, 15) is 4.79 Å². The molecule has 0 fully saturated rings. The number of rotatable bonds is 5. The minimum absolute atomic E-state index is 0.0297. The Kier molecular flexibility index (Phi) is 5.18. The minimum atomic E-state index is 0.0297. The maximum absolute atomic E-state index is 12.0. The van der Waals surface area contributed by atoms with Crippen LogP contribution in [0.25, 0.3) is 0 Å². The Morgan fingerprint density at radius 2 is 2.10 bits per heavy atom. The van der Waals surface area contributed by atoms with Crippen molar-refractivity contribution in [2.45, 2.75) is 20.3 Å². The first kappa shape index (κ1) is 14.6. The monoisotopic (exact) mass is 274 g/mol. The molecular weight excluding hydrogens is 252 g/mol. The zero-order valence-electron chi connectivity index (χ0n) is 12.2. The fourth-order valence-corrected chi connectivity index (χ4v) is 2.16. The van der Waals surface area contributed by atoms with Crippen molar-refractivity contribution < 1.29 is 9.53 Å². The van der Waals surface area contributed by atoms with Gasteiger partial charge in [-0.25, -0.2) is 0 Å². The summed E-state index contributed by atoms with van der Waals surface area (Å²) in [6.07, 6.45) is 3.24. The maximum atomic E-state index is 12.0. The Morgan fingerprint density at radius 3 is 2.70 bits per heavy atom. The Hall–Kier alpha value is -1.81. The van der Waals surface area contributed by atoms with Crippen molar-refractivity contribution in [1.82, 2.24) is 4.90 Å². The second kappa shape index (κ2) is 7.10. The van der Waals surface area contributed by atoms with Crippen LogP contribution in [0.2, 0.25) is 0 Å². The molecule has 1 aliphatic rings. The summed E-state index contributed by atoms with van der Waals surface area (Å²) in [6, 6.07) is 7.46. The van der Waals surface area contributed by atoms with Gasteiger partial charge in [0.1, 0.15) is 5.75 Å². The average Bonchev–Trinajstić information content (AvgIpc) is 2.44. The summed E-state index contributed by atoms with van der Waals surface area (Å²) in [4.78, 5) is 14.1. The normalized spacial score (nSPS) is 15.6. The lowest BCUT2D eigenvalue weighted by molar-refractivity contribution is -0.117. The van der Waals surface area contributed by atoms with E-state index in [2.05, 4.69) is 23.2 Å². The summed E-state index contributed by atoms with van der Waals surface area (Å²) in [5.74, 6) is 0.851. The molecule has 4 heteroatoms. The van der Waals surface area contributed by atoms with Gasteiger partial charge in [0.25, 0.3) is 0 Å². The molecule has 0 radical (unpaired) electrons. The first-order valence-electron chi connectivity index (χ1n) is 7.08. The molecule has 4 nitrogen and oxygen atoms in total. The molecule has 0 aliphatic carbocycles. The number of ether oxygens (including phenoxy) is 1. The fourth-order valence-electron chi connectivity index (χ4n) is 2.16. The summed E-state index contributed by atoms with van der Waals surface area (Å²) in [7, 11) is 0. The van der Waals surface area contributed by atoms with E-state index in [0.29, 0.717) is 13.2 Å². The molecule has 1 aliphatic heterocycles. The number of nitrogens with zero attached hydrogens (tertiary/aromatic N) is 1. The van der Waals surface area contributed by atoms with E-state index in [4.69, 9.17) is 4.74 Å². The number of anilines is 1. The van der Waals surface area contributed by atoms with Crippen molar-refractivity contribution in [3.63, 3.8) is 0 Å². The van der Waals surface area contributed by atoms with Gasteiger partial charge in [-0.2, -0.15) is 0 Å². The Balaban J connectivity index is 1.82. The van der Waals surface area contributed by atoms with Crippen LogP contribution in [0.4, 0.5) is 5.69 Å². The predicted octanol–water partition coefficient (Wildman–Crippen LogP) is 2.68. The van der Waals surface area contributed by atoms with Gasteiger partial charge in [-0.3, -0.25) is 9.69 Å². The first-order valence-corrected chi connectivity index (χ1v) is 7.08. The second-order valence-corrected chi connectivity index (χ2v) is 5.04. The van der Waals surface area contributed by atoms with Gasteiger partial charge in [0.2, 0.25) is 5.91 Å². The molecule has 0 saturated heterocycles. The fraction of sp³-hybridized carbons (Fsp3) is 0.438. The number of hydrogen-bond acceptors (Lipinski definition) is 3. The van der Waals surface area contributed by atoms with Crippen LogP contribution in [-0.4, -0.2) is 37.0 Å². The van der Waals surface area contributed by atoms with E-state index in [0.717, 1.165) is 30.9 Å². The van der Waals surface area contributed by atoms with Crippen LogP contribution in [0.15, 0.2) is 35.9 Å². The molecule has 0 aromatic heterocycles. The van der Waals surface area contributed by atoms with E-state index in [-0.39, 0.29) is 5.91 Å². The number of nitrogens with one attached hydrogen (secondary N) is 1. The van der Waals surface area contributed by atoms with Gasteiger partial charge in [-0.05, 0) is 44.5 Å². The standard InChI is InChI=1S/C16H22N2O2/c1-3-20-15-6-4-14(5-7-15)17-16(19)12-18-10-8-13(2)9-11-18/h4-8H,3,9-12H2,1-2H3,(H,17,19). The number of hydrogen-bond donors (Lipinski definition) is 1. The molecule has 1 aromatic carbocycles. The molecule has 2 rings (SSSR count). The third-order valence-corrected chi connectivity index (χ3v) is 3.34. The van der Waals surface area contributed by atoms with Crippen LogP contribution in [0.5, 0.6) is 5.75 Å². The van der Waals surface area contributed by atoms with Crippen molar-refractivity contribution in [1.29, 1.82) is 0 Å². The summed E-state index contributed by atoms with van der Waals surface area (Å²) in [5.41, 5.74) is 2.22. The van der Waals surface area contributed by atoms with Crippen LogP contribution in [0.3, 0.4) is 0 Å². The summed E-state index contributed by atoms with van der Waals surface area (Å²) in [6.45, 7) is 6.99. The number of carbonyl (C=O) groups excluding carboxylic acids is 1. The number of carbonyl (C=O) groups is 1. The Morgan fingerprint density at radius 1 is 1.35 bits per heavy atom. The molecular formula is C16H22N2O2. The van der Waals surface area contributed by atoms with E-state index in [1.807, 2.05) is 31.2 Å². The minimum Gasteiger partial charge on any atom is -0.494 e. The third kappa shape index (κ3) is 4.38. The molecule has 1 N–H and O–H groups in total. The van der Waals surface area contributed by atoms with Crippen molar-refractivity contribution in [3.05, 3.63) is 35.9 Å². The third-order valence-electron chi connectivity index (χ3n) is 3.34. The van der Waals surface area contributed by atoms with Crippen molar-refractivity contribution in [2.24, 2.45) is 0 Å². The zero-order chi connectivity index (χ0) is 14.4. The molecule has 0 spiro atoms. The molecule has 1 heterocycles. The lowest BCUT2D eigenvalue weighted by Crippen LogP contribution is -2.36. The predicted molar refractivity (Wildman–Crippen MR) is 81.1 cm³/mol. The van der Waals surface area contributed by atoms with Gasteiger partial charge in [-0.15, -0.1) is 0 Å². The quantitative estimate of drug-likeness (QED) is 0.839. The number of benzene rings is 1. The van der Waals surface area contributed by atoms with Gasteiger partial charge in [-0.1, -0.05) is 11.6 Å². The van der Waals surface area contributed by atoms with E-state index in [1.54, 1.807) is 0 Å². The summed E-state index contributed by atoms with van der Waals surface area (Å²) >= 11 is 0. The molecule has 20 heavy (non-hydrogen) atoms. The highest BCUT2D eigenvalue weighted by Gasteiger charge is 2.13. The molecule has 0 unspecified atom stereocenters. The van der Waals surface area contributed by atoms with Gasteiger partial charge in [0.05, 0.1) is 13.2 Å². The molecule has 0 bridgehead atoms. The van der Waals surface area contributed by atoms with Gasteiger partial charge in [0.15, 0.2) is 0 Å². The first-order chi connectivity index (χ1) is 9.67. The molecule has 108 valence electrons. The van der Waals surface area contributed by atoms with Crippen molar-refractivity contribution >= 4 is 11.6 Å². The van der Waals surface area contributed by atoms with Crippen LogP contribution in [0, 0.1) is 0 Å².